The number of benzene rings is 3. The maximum absolute atomic E-state index is 14.8. The van der Waals surface area contributed by atoms with Crippen molar-refractivity contribution in [1.29, 1.82) is 0 Å². The van der Waals surface area contributed by atoms with Crippen LogP contribution >= 0.6 is 11.6 Å². The first-order valence-electron chi connectivity index (χ1n) is 12.8. The largest absolute Gasteiger partial charge is 0.325 e. The summed E-state index contributed by atoms with van der Waals surface area (Å²) in [5.41, 5.74) is 0.0279. The zero-order valence-electron chi connectivity index (χ0n) is 20.9. The fourth-order valence-corrected chi connectivity index (χ4v) is 7.83. The Morgan fingerprint density at radius 1 is 1.05 bits per heavy atom. The van der Waals surface area contributed by atoms with E-state index in [-0.39, 0.29) is 17.2 Å². The highest BCUT2D eigenvalue weighted by molar-refractivity contribution is 6.32. The number of Topliss-reactive ketones (excluding diaryl/α,β-unsaturated/α-hetero) is 1. The Labute approximate surface area is 228 Å². The van der Waals surface area contributed by atoms with Crippen LogP contribution in [0.1, 0.15) is 39.9 Å². The predicted molar refractivity (Wildman–Crippen MR) is 144 cm³/mol. The maximum Gasteiger partial charge on any atom is 0.270 e. The highest BCUT2D eigenvalue weighted by atomic mass is 35.5. The number of non-ortho nitro benzene ring substituents is 1. The molecular weight excluding hydrogens is 520 g/mol. The number of nitrogens with zero attached hydrogens (tertiary/aromatic N) is 2. The van der Waals surface area contributed by atoms with Crippen LogP contribution in [0.25, 0.3) is 0 Å². The molecule has 3 aromatic carbocycles. The van der Waals surface area contributed by atoms with Crippen LogP contribution in [0, 0.1) is 23.0 Å². The molecule has 0 radical (unpaired) electrons. The SMILES string of the molecule is Cc1c(Cl)ccc2c1NC(=O)C21C(C(=O)c2cccc([N+](=O)[O-])c2)C2(C(=O)Nc3ccccc32)C2CCCN21. The molecule has 4 aliphatic rings. The maximum atomic E-state index is 14.8. The van der Waals surface area contributed by atoms with Crippen LogP contribution in [0.4, 0.5) is 17.1 Å². The number of halogens is 1. The van der Waals surface area contributed by atoms with Crippen LogP contribution in [0.15, 0.2) is 60.7 Å². The molecule has 0 aromatic heterocycles. The number of fused-ring (bicyclic) bond motifs is 7. The number of hydrogen-bond donors (Lipinski definition) is 2. The quantitative estimate of drug-likeness (QED) is 0.284. The topological polar surface area (TPSA) is 122 Å². The molecule has 2 saturated heterocycles. The second kappa shape index (κ2) is 7.97. The number of carbonyl (C=O) groups excluding carboxylic acids is 3. The Kier molecular flexibility index (Phi) is 4.90. The molecule has 2 fully saturated rings. The van der Waals surface area contributed by atoms with E-state index in [0.717, 1.165) is 6.42 Å². The Balaban J connectivity index is 1.58. The number of para-hydroxylation sites is 1. The highest BCUT2D eigenvalue weighted by Crippen LogP contribution is 2.66. The van der Waals surface area contributed by atoms with Crippen molar-refractivity contribution in [3.63, 3.8) is 0 Å². The molecule has 2 amide bonds. The van der Waals surface area contributed by atoms with Gasteiger partial charge in [0, 0.05) is 40.0 Å². The molecule has 2 N–H and O–H groups in total. The van der Waals surface area contributed by atoms with Crippen molar-refractivity contribution < 1.29 is 19.3 Å². The Hall–Kier alpha value is -4.08. The summed E-state index contributed by atoms with van der Waals surface area (Å²) in [6.07, 6.45) is 1.36. The molecule has 0 aliphatic carbocycles. The molecule has 10 heteroatoms. The van der Waals surface area contributed by atoms with Crippen LogP contribution in [0.3, 0.4) is 0 Å². The predicted octanol–water partition coefficient (Wildman–Crippen LogP) is 4.57. The van der Waals surface area contributed by atoms with E-state index in [9.17, 15) is 24.5 Å². The molecule has 4 heterocycles. The minimum absolute atomic E-state index is 0.0817. The van der Waals surface area contributed by atoms with Gasteiger partial charge in [-0.25, -0.2) is 0 Å². The third-order valence-corrected chi connectivity index (χ3v) is 9.51. The first kappa shape index (κ1) is 24.0. The Morgan fingerprint density at radius 3 is 2.64 bits per heavy atom. The summed E-state index contributed by atoms with van der Waals surface area (Å²) in [6, 6.07) is 15.8. The van der Waals surface area contributed by atoms with E-state index in [2.05, 4.69) is 10.6 Å². The van der Waals surface area contributed by atoms with Crippen molar-refractivity contribution in [1.82, 2.24) is 4.90 Å². The van der Waals surface area contributed by atoms with Gasteiger partial charge >= 0.3 is 0 Å². The van der Waals surface area contributed by atoms with Crippen molar-refractivity contribution >= 4 is 46.3 Å². The van der Waals surface area contributed by atoms with E-state index in [1.807, 2.05) is 30.0 Å². The second-order valence-electron chi connectivity index (χ2n) is 10.6. The van der Waals surface area contributed by atoms with Crippen LogP contribution < -0.4 is 10.6 Å². The van der Waals surface area contributed by atoms with Gasteiger partial charge in [0.15, 0.2) is 5.78 Å². The summed E-state index contributed by atoms with van der Waals surface area (Å²) in [5, 5.41) is 18.1. The molecular formula is C29H23ClN4O5. The average molecular weight is 543 g/mol. The van der Waals surface area contributed by atoms with E-state index >= 15 is 0 Å². The first-order valence-corrected chi connectivity index (χ1v) is 13.2. The number of carbonyl (C=O) groups is 3. The lowest BCUT2D eigenvalue weighted by molar-refractivity contribution is -0.384. The lowest BCUT2D eigenvalue weighted by atomic mass is 9.60. The summed E-state index contributed by atoms with van der Waals surface area (Å²) < 4.78 is 0. The lowest BCUT2D eigenvalue weighted by Crippen LogP contribution is -2.55. The van der Waals surface area contributed by atoms with Crippen LogP contribution in [-0.4, -0.2) is 40.0 Å². The number of nitro benzene ring substituents is 1. The van der Waals surface area contributed by atoms with Gasteiger partial charge in [0.1, 0.15) is 11.0 Å². The average Bonchev–Trinajstić information content (AvgIpc) is 3.65. The molecule has 0 bridgehead atoms. The molecule has 4 atom stereocenters. The van der Waals surface area contributed by atoms with Crippen LogP contribution in [0.5, 0.6) is 0 Å². The minimum Gasteiger partial charge on any atom is -0.325 e. The van der Waals surface area contributed by atoms with Gasteiger partial charge in [-0.2, -0.15) is 0 Å². The molecule has 196 valence electrons. The molecule has 3 aromatic rings. The third kappa shape index (κ3) is 2.76. The van der Waals surface area contributed by atoms with Gasteiger partial charge in [0.05, 0.1) is 16.5 Å². The van der Waals surface area contributed by atoms with Gasteiger partial charge < -0.3 is 10.6 Å². The normalized spacial score (nSPS) is 28.4. The van der Waals surface area contributed by atoms with Crippen molar-refractivity contribution in [3.8, 4) is 0 Å². The van der Waals surface area contributed by atoms with Gasteiger partial charge in [-0.3, -0.25) is 29.4 Å². The van der Waals surface area contributed by atoms with Crippen molar-refractivity contribution in [3.05, 3.63) is 98.1 Å². The molecule has 7 rings (SSSR count). The fourth-order valence-electron chi connectivity index (χ4n) is 7.67. The summed E-state index contributed by atoms with van der Waals surface area (Å²) >= 11 is 6.44. The molecule has 4 aliphatic heterocycles. The van der Waals surface area contributed by atoms with E-state index < -0.39 is 39.5 Å². The molecule has 4 unspecified atom stereocenters. The van der Waals surface area contributed by atoms with Crippen LogP contribution in [-0.2, 0) is 20.5 Å². The number of nitro groups is 1. The lowest BCUT2D eigenvalue weighted by Gasteiger charge is -2.38. The van der Waals surface area contributed by atoms with E-state index in [1.165, 1.54) is 24.3 Å². The summed E-state index contributed by atoms with van der Waals surface area (Å²) in [7, 11) is 0. The molecule has 39 heavy (non-hydrogen) atoms. The van der Waals surface area contributed by atoms with Crippen molar-refractivity contribution in [2.24, 2.45) is 5.92 Å². The van der Waals surface area contributed by atoms with Gasteiger partial charge in [-0.05, 0) is 49.6 Å². The van der Waals surface area contributed by atoms with E-state index in [0.29, 0.717) is 46.1 Å². The number of ketones is 1. The summed E-state index contributed by atoms with van der Waals surface area (Å²) in [6.45, 7) is 2.32. The number of nitrogens with one attached hydrogen (secondary N) is 2. The van der Waals surface area contributed by atoms with Gasteiger partial charge in [-0.15, -0.1) is 0 Å². The number of anilines is 2. The standard InChI is InChI=1S/C29H23ClN4O5/c1-15-20(30)12-11-19-23(15)32-27(37)29(19)25(24(35)16-6-4-7-17(14-16)34(38)39)28(22-10-5-13-33(22)29)18-8-2-3-9-21(18)31-26(28)36/h2-4,6-9,11-12,14,22,25H,5,10,13H2,1H3,(H,31,36)(H,32,37). The summed E-state index contributed by atoms with van der Waals surface area (Å²) in [5.74, 6) is -2.42. The van der Waals surface area contributed by atoms with Crippen molar-refractivity contribution in [2.75, 3.05) is 17.2 Å². The van der Waals surface area contributed by atoms with E-state index in [1.54, 1.807) is 18.2 Å². The smallest absolute Gasteiger partial charge is 0.270 e. The van der Waals surface area contributed by atoms with Crippen molar-refractivity contribution in [2.45, 2.75) is 36.8 Å². The van der Waals surface area contributed by atoms with E-state index in [4.69, 9.17) is 11.6 Å². The van der Waals surface area contributed by atoms with Gasteiger partial charge in [0.25, 0.3) is 5.69 Å². The summed E-state index contributed by atoms with van der Waals surface area (Å²) in [4.78, 5) is 56.5. The Morgan fingerprint density at radius 2 is 1.85 bits per heavy atom. The monoisotopic (exact) mass is 542 g/mol. The van der Waals surface area contributed by atoms with Gasteiger partial charge in [0.2, 0.25) is 11.8 Å². The second-order valence-corrected chi connectivity index (χ2v) is 11.0. The van der Waals surface area contributed by atoms with Crippen LogP contribution in [0.2, 0.25) is 5.02 Å². The molecule has 2 spiro atoms. The zero-order valence-corrected chi connectivity index (χ0v) is 21.6. The Bertz CT molecular complexity index is 1660. The first-order chi connectivity index (χ1) is 18.7. The van der Waals surface area contributed by atoms with Gasteiger partial charge in [-0.1, -0.05) is 48.0 Å². The zero-order chi connectivity index (χ0) is 27.3. The number of rotatable bonds is 3. The number of amides is 2. The number of hydrogen-bond acceptors (Lipinski definition) is 6. The fraction of sp³-hybridized carbons (Fsp3) is 0.276. The third-order valence-electron chi connectivity index (χ3n) is 9.10. The minimum atomic E-state index is -1.51. The highest BCUT2D eigenvalue weighted by Gasteiger charge is 2.78. The molecule has 0 saturated carbocycles. The molecule has 9 nitrogen and oxygen atoms in total.